The van der Waals surface area contributed by atoms with Crippen LogP contribution in [0.2, 0.25) is 5.02 Å². The van der Waals surface area contributed by atoms with Crippen LogP contribution in [0, 0.1) is 4.64 Å². The quantitative estimate of drug-likeness (QED) is 0.787. The fourth-order valence-electron chi connectivity index (χ4n) is 2.00. The van der Waals surface area contributed by atoms with Gasteiger partial charge in [-0.25, -0.2) is 4.98 Å². The third-order valence-electron chi connectivity index (χ3n) is 2.93. The standard InChI is InChI=1S/C12H11ClN4S/c13-7-1-2-10(15-5-7)11-16-9-3-4-14-6-8(9)12(18)17-11/h1-2,5,14H,3-4,6H2,(H,16,17,18). The van der Waals surface area contributed by atoms with Crippen molar-refractivity contribution in [2.24, 2.45) is 0 Å². The number of nitrogens with zero attached hydrogens (tertiary/aromatic N) is 2. The smallest absolute Gasteiger partial charge is 0.157 e. The summed E-state index contributed by atoms with van der Waals surface area (Å²) in [7, 11) is 0. The summed E-state index contributed by atoms with van der Waals surface area (Å²) in [5, 5.41) is 3.90. The van der Waals surface area contributed by atoms with E-state index in [4.69, 9.17) is 23.8 Å². The fraction of sp³-hybridized carbons (Fsp3) is 0.250. The maximum Gasteiger partial charge on any atom is 0.157 e. The summed E-state index contributed by atoms with van der Waals surface area (Å²) in [6.45, 7) is 1.74. The minimum atomic E-state index is 0.611. The zero-order valence-corrected chi connectivity index (χ0v) is 11.1. The van der Waals surface area contributed by atoms with Gasteiger partial charge < -0.3 is 10.3 Å². The van der Waals surface area contributed by atoms with Gasteiger partial charge in [0.2, 0.25) is 0 Å². The number of aromatic amines is 1. The second kappa shape index (κ2) is 4.76. The molecule has 0 fully saturated rings. The summed E-state index contributed by atoms with van der Waals surface area (Å²) in [5.74, 6) is 0.706. The van der Waals surface area contributed by atoms with Crippen LogP contribution in [0.15, 0.2) is 18.3 Å². The Bertz CT molecular complexity index is 636. The number of fused-ring (bicyclic) bond motifs is 1. The van der Waals surface area contributed by atoms with E-state index in [0.29, 0.717) is 15.5 Å². The second-order valence-corrected chi connectivity index (χ2v) is 4.96. The Labute approximate surface area is 114 Å². The first-order chi connectivity index (χ1) is 8.74. The minimum absolute atomic E-state index is 0.611. The van der Waals surface area contributed by atoms with Crippen LogP contribution in [-0.4, -0.2) is 21.5 Å². The largest absolute Gasteiger partial charge is 0.341 e. The zero-order valence-electron chi connectivity index (χ0n) is 9.53. The highest BCUT2D eigenvalue weighted by molar-refractivity contribution is 7.71. The van der Waals surface area contributed by atoms with Crippen molar-refractivity contribution in [1.29, 1.82) is 0 Å². The summed E-state index contributed by atoms with van der Waals surface area (Å²) in [5.41, 5.74) is 3.00. The number of H-pyrrole nitrogens is 1. The predicted octanol–water partition coefficient (Wildman–Crippen LogP) is 2.50. The van der Waals surface area contributed by atoms with E-state index in [0.717, 1.165) is 36.5 Å². The van der Waals surface area contributed by atoms with E-state index in [1.54, 1.807) is 12.3 Å². The SMILES string of the molecule is S=c1nc(-c2ccc(Cl)cn2)[nH]c2c1CNCC2. The first-order valence-electron chi connectivity index (χ1n) is 5.69. The van der Waals surface area contributed by atoms with Gasteiger partial charge in [0.1, 0.15) is 10.3 Å². The van der Waals surface area contributed by atoms with Gasteiger partial charge in [-0.15, -0.1) is 0 Å². The number of rotatable bonds is 1. The molecular formula is C12H11ClN4S. The molecule has 6 heteroatoms. The lowest BCUT2D eigenvalue weighted by atomic mass is 10.1. The molecule has 1 aliphatic rings. The Hall–Kier alpha value is -1.30. The van der Waals surface area contributed by atoms with Gasteiger partial charge in [0.05, 0.1) is 5.02 Å². The number of aromatic nitrogens is 3. The number of halogens is 1. The van der Waals surface area contributed by atoms with Crippen molar-refractivity contribution in [2.75, 3.05) is 6.54 Å². The predicted molar refractivity (Wildman–Crippen MR) is 73.1 cm³/mol. The number of pyridine rings is 1. The molecule has 0 aliphatic carbocycles. The molecule has 2 N–H and O–H groups in total. The van der Waals surface area contributed by atoms with Crippen molar-refractivity contribution < 1.29 is 0 Å². The van der Waals surface area contributed by atoms with Gasteiger partial charge in [-0.3, -0.25) is 4.98 Å². The molecule has 0 unspecified atom stereocenters. The summed E-state index contributed by atoms with van der Waals surface area (Å²) >= 11 is 11.2. The molecule has 3 heterocycles. The molecule has 4 nitrogen and oxygen atoms in total. The molecule has 0 radical (unpaired) electrons. The number of hydrogen-bond donors (Lipinski definition) is 2. The van der Waals surface area contributed by atoms with Crippen molar-refractivity contribution in [3.63, 3.8) is 0 Å². The van der Waals surface area contributed by atoms with Gasteiger partial charge in [-0.1, -0.05) is 23.8 Å². The van der Waals surface area contributed by atoms with Crippen molar-refractivity contribution >= 4 is 23.8 Å². The van der Waals surface area contributed by atoms with E-state index in [1.165, 1.54) is 0 Å². The molecule has 0 bridgehead atoms. The topological polar surface area (TPSA) is 53.6 Å². The van der Waals surface area contributed by atoms with E-state index in [2.05, 4.69) is 20.3 Å². The lowest BCUT2D eigenvalue weighted by molar-refractivity contribution is 0.624. The lowest BCUT2D eigenvalue weighted by Crippen LogP contribution is -2.25. The highest BCUT2D eigenvalue weighted by Crippen LogP contribution is 2.19. The monoisotopic (exact) mass is 278 g/mol. The Morgan fingerprint density at radius 3 is 3.00 bits per heavy atom. The van der Waals surface area contributed by atoms with Crippen LogP contribution in [-0.2, 0) is 13.0 Å². The van der Waals surface area contributed by atoms with Gasteiger partial charge in [0.15, 0.2) is 5.82 Å². The summed E-state index contributed by atoms with van der Waals surface area (Å²) in [6.07, 6.45) is 2.54. The Morgan fingerprint density at radius 1 is 1.33 bits per heavy atom. The zero-order chi connectivity index (χ0) is 12.5. The number of hydrogen-bond acceptors (Lipinski definition) is 4. The summed E-state index contributed by atoms with van der Waals surface area (Å²) in [4.78, 5) is 12.0. The van der Waals surface area contributed by atoms with E-state index in [1.807, 2.05) is 6.07 Å². The van der Waals surface area contributed by atoms with Crippen LogP contribution in [0.1, 0.15) is 11.3 Å². The van der Waals surface area contributed by atoms with E-state index < -0.39 is 0 Å². The molecule has 92 valence electrons. The minimum Gasteiger partial charge on any atom is -0.341 e. The average Bonchev–Trinajstić information content (AvgIpc) is 2.39. The molecule has 3 rings (SSSR count). The normalized spacial score (nSPS) is 14.3. The molecular weight excluding hydrogens is 268 g/mol. The first-order valence-corrected chi connectivity index (χ1v) is 6.47. The second-order valence-electron chi connectivity index (χ2n) is 4.14. The van der Waals surface area contributed by atoms with Gasteiger partial charge in [-0.05, 0) is 12.1 Å². The molecule has 2 aromatic heterocycles. The van der Waals surface area contributed by atoms with E-state index in [9.17, 15) is 0 Å². The molecule has 0 spiro atoms. The van der Waals surface area contributed by atoms with Gasteiger partial charge in [0.25, 0.3) is 0 Å². The van der Waals surface area contributed by atoms with Gasteiger partial charge >= 0.3 is 0 Å². The van der Waals surface area contributed by atoms with Crippen molar-refractivity contribution in [3.05, 3.63) is 39.3 Å². The first kappa shape index (κ1) is 11.8. The average molecular weight is 279 g/mol. The maximum absolute atomic E-state index is 5.82. The van der Waals surface area contributed by atoms with Crippen molar-refractivity contribution in [2.45, 2.75) is 13.0 Å². The van der Waals surface area contributed by atoms with Crippen molar-refractivity contribution in [1.82, 2.24) is 20.3 Å². The summed E-state index contributed by atoms with van der Waals surface area (Å²) in [6, 6.07) is 3.63. The highest BCUT2D eigenvalue weighted by atomic mass is 35.5. The molecule has 18 heavy (non-hydrogen) atoms. The maximum atomic E-state index is 5.82. The van der Waals surface area contributed by atoms with E-state index >= 15 is 0 Å². The van der Waals surface area contributed by atoms with Crippen molar-refractivity contribution in [3.8, 4) is 11.5 Å². The van der Waals surface area contributed by atoms with Crippen LogP contribution in [0.4, 0.5) is 0 Å². The fourth-order valence-corrected chi connectivity index (χ4v) is 2.40. The Morgan fingerprint density at radius 2 is 2.22 bits per heavy atom. The molecule has 0 aromatic carbocycles. The molecule has 0 atom stereocenters. The van der Waals surface area contributed by atoms with Crippen LogP contribution >= 0.6 is 23.8 Å². The third kappa shape index (κ3) is 2.16. The number of nitrogens with one attached hydrogen (secondary N) is 2. The molecule has 2 aromatic rings. The van der Waals surface area contributed by atoms with Gasteiger partial charge in [0, 0.05) is 37.0 Å². The van der Waals surface area contributed by atoms with Gasteiger partial charge in [-0.2, -0.15) is 0 Å². The van der Waals surface area contributed by atoms with E-state index in [-0.39, 0.29) is 0 Å². The van der Waals surface area contributed by atoms with Crippen LogP contribution in [0.5, 0.6) is 0 Å². The molecule has 0 saturated carbocycles. The Kier molecular flexibility index (Phi) is 3.11. The van der Waals surface area contributed by atoms with Crippen LogP contribution in [0.25, 0.3) is 11.5 Å². The Balaban J connectivity index is 2.11. The lowest BCUT2D eigenvalue weighted by Gasteiger charge is -2.17. The van der Waals surface area contributed by atoms with Crippen LogP contribution in [0.3, 0.4) is 0 Å². The molecule has 1 aliphatic heterocycles. The third-order valence-corrected chi connectivity index (χ3v) is 3.49. The molecule has 0 saturated heterocycles. The highest BCUT2D eigenvalue weighted by Gasteiger charge is 2.13. The van der Waals surface area contributed by atoms with Crippen LogP contribution < -0.4 is 5.32 Å². The summed E-state index contributed by atoms with van der Waals surface area (Å²) < 4.78 is 0.641. The molecule has 0 amide bonds.